The summed E-state index contributed by atoms with van der Waals surface area (Å²) in [6.45, 7) is 4.36. The second-order valence-corrected chi connectivity index (χ2v) is 11.0. The number of aryl methyl sites for hydroxylation is 1. The minimum atomic E-state index is -0.833. The fraction of sp³-hybridized carbons (Fsp3) is 0.576. The topological polar surface area (TPSA) is 9.23 Å². The van der Waals surface area contributed by atoms with Crippen LogP contribution in [0, 0.1) is 23.5 Å². The van der Waals surface area contributed by atoms with Crippen LogP contribution in [-0.4, -0.2) is 6.61 Å². The summed E-state index contributed by atoms with van der Waals surface area (Å²) < 4.78 is 34.1. The zero-order valence-corrected chi connectivity index (χ0v) is 22.3. The van der Waals surface area contributed by atoms with E-state index in [0.29, 0.717) is 18.1 Å². The van der Waals surface area contributed by atoms with Crippen LogP contribution in [0.15, 0.2) is 48.6 Å². The molecule has 3 heteroatoms. The number of benzene rings is 2. The normalized spacial score (nSPS) is 24.8. The van der Waals surface area contributed by atoms with E-state index in [0.717, 1.165) is 43.9 Å². The van der Waals surface area contributed by atoms with E-state index in [4.69, 9.17) is 4.74 Å². The van der Waals surface area contributed by atoms with Crippen molar-refractivity contribution in [2.75, 3.05) is 6.61 Å². The molecule has 2 fully saturated rings. The summed E-state index contributed by atoms with van der Waals surface area (Å²) >= 11 is 0. The van der Waals surface area contributed by atoms with Crippen molar-refractivity contribution in [3.8, 4) is 5.75 Å². The van der Waals surface area contributed by atoms with Gasteiger partial charge in [-0.25, -0.2) is 4.39 Å². The van der Waals surface area contributed by atoms with Crippen LogP contribution in [0.1, 0.15) is 113 Å². The van der Waals surface area contributed by atoms with E-state index in [1.165, 1.54) is 56.1 Å². The molecule has 2 saturated carbocycles. The third-order valence-electron chi connectivity index (χ3n) is 8.57. The summed E-state index contributed by atoms with van der Waals surface area (Å²) in [5, 5.41) is 0. The van der Waals surface area contributed by atoms with Gasteiger partial charge in [0.05, 0.1) is 6.61 Å². The molecule has 0 amide bonds. The molecule has 2 aliphatic carbocycles. The summed E-state index contributed by atoms with van der Waals surface area (Å²) in [4.78, 5) is 0. The number of halogens is 2. The summed E-state index contributed by atoms with van der Waals surface area (Å²) in [6, 6.07) is 12.7. The first-order valence-corrected chi connectivity index (χ1v) is 14.4. The third-order valence-corrected chi connectivity index (χ3v) is 8.57. The van der Waals surface area contributed by atoms with Crippen LogP contribution in [0.25, 0.3) is 0 Å². The fourth-order valence-corrected chi connectivity index (χ4v) is 6.40. The Kier molecular flexibility index (Phi) is 10.0. The number of ether oxygens (including phenoxy) is 1. The molecule has 0 aromatic heterocycles. The maximum Gasteiger partial charge on any atom is 0.200 e. The van der Waals surface area contributed by atoms with Gasteiger partial charge in [0.2, 0.25) is 5.82 Å². The van der Waals surface area contributed by atoms with E-state index in [1.54, 1.807) is 19.1 Å². The number of hydrogen-bond donors (Lipinski definition) is 0. The van der Waals surface area contributed by atoms with E-state index in [9.17, 15) is 8.78 Å². The highest BCUT2D eigenvalue weighted by atomic mass is 19.2. The average Bonchev–Trinajstić information content (AvgIpc) is 2.91. The Balaban J connectivity index is 1.15. The van der Waals surface area contributed by atoms with Gasteiger partial charge < -0.3 is 4.74 Å². The lowest BCUT2D eigenvalue weighted by atomic mass is 9.76. The average molecular weight is 495 g/mol. The first-order chi connectivity index (χ1) is 17.6. The van der Waals surface area contributed by atoms with Gasteiger partial charge in [0.25, 0.3) is 0 Å². The molecule has 0 saturated heterocycles. The first-order valence-electron chi connectivity index (χ1n) is 14.4. The van der Waals surface area contributed by atoms with Crippen molar-refractivity contribution in [3.63, 3.8) is 0 Å². The summed E-state index contributed by atoms with van der Waals surface area (Å²) in [6.07, 6.45) is 18.9. The molecule has 0 atom stereocenters. The van der Waals surface area contributed by atoms with E-state index in [-0.39, 0.29) is 11.7 Å². The van der Waals surface area contributed by atoms with Gasteiger partial charge >= 0.3 is 0 Å². The SMILES string of the molecule is CCCc1ccc(C2CCC(C=CCCC3CCC(c4ccc(OCC)c(F)c4F)CC3)CC2)cc1. The van der Waals surface area contributed by atoms with Crippen molar-refractivity contribution < 1.29 is 13.5 Å². The van der Waals surface area contributed by atoms with E-state index >= 15 is 0 Å². The van der Waals surface area contributed by atoms with Gasteiger partial charge in [-0.2, -0.15) is 4.39 Å². The van der Waals surface area contributed by atoms with Gasteiger partial charge in [0, 0.05) is 0 Å². The molecule has 0 heterocycles. The molecule has 196 valence electrons. The molecule has 36 heavy (non-hydrogen) atoms. The van der Waals surface area contributed by atoms with E-state index in [1.807, 2.05) is 0 Å². The monoisotopic (exact) mass is 494 g/mol. The van der Waals surface area contributed by atoms with Crippen molar-refractivity contribution in [1.82, 2.24) is 0 Å². The Labute approximate surface area is 217 Å². The predicted octanol–water partition coefficient (Wildman–Crippen LogP) is 9.90. The lowest BCUT2D eigenvalue weighted by Gasteiger charge is -2.29. The molecule has 0 unspecified atom stereocenters. The highest BCUT2D eigenvalue weighted by Gasteiger charge is 2.26. The van der Waals surface area contributed by atoms with Gasteiger partial charge in [0.15, 0.2) is 11.6 Å². The molecule has 0 aliphatic heterocycles. The van der Waals surface area contributed by atoms with Crippen LogP contribution >= 0.6 is 0 Å². The van der Waals surface area contributed by atoms with Crippen LogP contribution in [0.4, 0.5) is 8.78 Å². The quantitative estimate of drug-likeness (QED) is 0.299. The highest BCUT2D eigenvalue weighted by Crippen LogP contribution is 2.40. The summed E-state index contributed by atoms with van der Waals surface area (Å²) in [7, 11) is 0. The first kappa shape index (κ1) is 26.9. The molecule has 4 rings (SSSR count). The summed E-state index contributed by atoms with van der Waals surface area (Å²) in [5.74, 6) is 0.765. The Morgan fingerprint density at radius 1 is 0.806 bits per heavy atom. The Hall–Kier alpha value is -2.16. The van der Waals surface area contributed by atoms with Crippen LogP contribution in [-0.2, 0) is 6.42 Å². The van der Waals surface area contributed by atoms with Gasteiger partial charge in [-0.1, -0.05) is 55.8 Å². The fourth-order valence-electron chi connectivity index (χ4n) is 6.40. The molecule has 2 aromatic rings. The Bertz CT molecular complexity index is 964. The molecule has 2 aliphatic rings. The van der Waals surface area contributed by atoms with E-state index < -0.39 is 11.6 Å². The van der Waals surface area contributed by atoms with Crippen molar-refractivity contribution in [2.45, 2.75) is 103 Å². The van der Waals surface area contributed by atoms with Crippen molar-refractivity contribution >= 4 is 0 Å². The molecule has 2 aromatic carbocycles. The Morgan fingerprint density at radius 2 is 1.50 bits per heavy atom. The van der Waals surface area contributed by atoms with Crippen LogP contribution < -0.4 is 4.74 Å². The van der Waals surface area contributed by atoms with Crippen LogP contribution in [0.3, 0.4) is 0 Å². The maximum absolute atomic E-state index is 14.6. The molecular formula is C33H44F2O. The molecular weight excluding hydrogens is 450 g/mol. The molecule has 0 spiro atoms. The zero-order chi connectivity index (χ0) is 25.3. The minimum absolute atomic E-state index is 0.0220. The Morgan fingerprint density at radius 3 is 2.17 bits per heavy atom. The zero-order valence-electron chi connectivity index (χ0n) is 22.3. The largest absolute Gasteiger partial charge is 0.491 e. The standard InChI is InChI=1S/C33H44F2O/c1-3-7-24-10-16-27(17-11-24)28-18-12-25(13-19-28)8-5-6-9-26-14-20-29(21-15-26)30-22-23-31(36-4-2)33(35)32(30)34/h5,8,10-11,16-17,22-23,25-26,28-29H,3-4,6-7,9,12-15,18-21H2,1-2H3. The lowest BCUT2D eigenvalue weighted by Crippen LogP contribution is -2.15. The molecule has 0 radical (unpaired) electrons. The van der Waals surface area contributed by atoms with Gasteiger partial charge in [-0.05, 0) is 124 Å². The minimum Gasteiger partial charge on any atom is -0.491 e. The molecule has 0 N–H and O–H groups in total. The smallest absolute Gasteiger partial charge is 0.200 e. The second kappa shape index (κ2) is 13.4. The number of allylic oxidation sites excluding steroid dienone is 2. The van der Waals surface area contributed by atoms with Crippen molar-refractivity contribution in [1.29, 1.82) is 0 Å². The lowest BCUT2D eigenvalue weighted by molar-refractivity contribution is 0.297. The van der Waals surface area contributed by atoms with E-state index in [2.05, 4.69) is 43.3 Å². The van der Waals surface area contributed by atoms with Crippen LogP contribution in [0.2, 0.25) is 0 Å². The highest BCUT2D eigenvalue weighted by molar-refractivity contribution is 5.33. The number of rotatable bonds is 10. The van der Waals surface area contributed by atoms with Crippen molar-refractivity contribution in [3.05, 3.63) is 76.9 Å². The summed E-state index contributed by atoms with van der Waals surface area (Å²) in [5.41, 5.74) is 3.52. The predicted molar refractivity (Wildman–Crippen MR) is 146 cm³/mol. The maximum atomic E-state index is 14.6. The van der Waals surface area contributed by atoms with Crippen molar-refractivity contribution in [2.24, 2.45) is 11.8 Å². The number of hydrogen-bond acceptors (Lipinski definition) is 1. The van der Waals surface area contributed by atoms with Gasteiger partial charge in [-0.3, -0.25) is 0 Å². The second-order valence-electron chi connectivity index (χ2n) is 11.0. The molecule has 1 nitrogen and oxygen atoms in total. The van der Waals surface area contributed by atoms with Crippen LogP contribution in [0.5, 0.6) is 5.75 Å². The third kappa shape index (κ3) is 6.99. The van der Waals surface area contributed by atoms with Gasteiger partial charge in [0.1, 0.15) is 0 Å². The molecule has 0 bridgehead atoms. The van der Waals surface area contributed by atoms with Gasteiger partial charge in [-0.15, -0.1) is 0 Å².